The third-order valence-corrected chi connectivity index (χ3v) is 5.60. The maximum Gasteiger partial charge on any atom is 0.418 e. The van der Waals surface area contributed by atoms with Crippen LogP contribution in [0, 0.1) is 11.8 Å². The molecule has 0 spiro atoms. The topological polar surface area (TPSA) is 33.2 Å². The number of ketones is 1. The molecule has 1 aromatic carbocycles. The second kappa shape index (κ2) is 8.50. The number of benzene rings is 1. The number of Topliss-reactive ketones (excluding diaryl/α,β-unsaturated/α-hetero) is 1. The van der Waals surface area contributed by atoms with E-state index in [9.17, 15) is 18.0 Å². The Hall–Kier alpha value is -2.11. The lowest BCUT2D eigenvalue weighted by atomic mass is 9.86. The predicted octanol–water partition coefficient (Wildman–Crippen LogP) is 5.87. The Morgan fingerprint density at radius 1 is 1.25 bits per heavy atom. The fourth-order valence-corrected chi connectivity index (χ4v) is 4.31. The third kappa shape index (κ3) is 4.65. The molecular weight excluding hydrogens is 365 g/mol. The van der Waals surface area contributed by atoms with Crippen molar-refractivity contribution in [3.63, 3.8) is 0 Å². The first kappa shape index (κ1) is 20.6. The molecular formula is C22H27F3N2O. The first-order valence-electron chi connectivity index (χ1n) is 10.0. The van der Waals surface area contributed by atoms with Gasteiger partial charge in [0.25, 0.3) is 0 Å². The van der Waals surface area contributed by atoms with Crippen LogP contribution >= 0.6 is 0 Å². The van der Waals surface area contributed by atoms with Crippen LogP contribution in [0.15, 0.2) is 30.5 Å². The van der Waals surface area contributed by atoms with Crippen LogP contribution < -0.4 is 4.90 Å². The quantitative estimate of drug-likeness (QED) is 0.617. The predicted molar refractivity (Wildman–Crippen MR) is 105 cm³/mol. The minimum Gasteiger partial charge on any atom is -0.370 e. The Kier molecular flexibility index (Phi) is 6.26. The van der Waals surface area contributed by atoms with Crippen molar-refractivity contribution in [2.45, 2.75) is 52.1 Å². The van der Waals surface area contributed by atoms with Gasteiger partial charge in [0.1, 0.15) is 5.78 Å². The second-order valence-corrected chi connectivity index (χ2v) is 7.93. The largest absolute Gasteiger partial charge is 0.418 e. The first-order chi connectivity index (χ1) is 13.3. The van der Waals surface area contributed by atoms with Crippen LogP contribution in [0.3, 0.4) is 0 Å². The van der Waals surface area contributed by atoms with Crippen LogP contribution in [-0.2, 0) is 11.0 Å². The number of carbonyl (C=O) groups is 1. The number of anilines is 1. The summed E-state index contributed by atoms with van der Waals surface area (Å²) in [4.78, 5) is 17.8. The Labute approximate surface area is 163 Å². The number of nitrogens with zero attached hydrogens (tertiary/aromatic N) is 2. The molecule has 0 N–H and O–H groups in total. The number of pyridine rings is 1. The van der Waals surface area contributed by atoms with E-state index in [4.69, 9.17) is 0 Å². The van der Waals surface area contributed by atoms with Crippen LogP contribution in [0.25, 0.3) is 10.9 Å². The van der Waals surface area contributed by atoms with Crippen LogP contribution in [0.5, 0.6) is 0 Å². The van der Waals surface area contributed by atoms with Crippen LogP contribution in [0.4, 0.5) is 18.9 Å². The molecule has 2 aromatic rings. The molecule has 0 bridgehead atoms. The summed E-state index contributed by atoms with van der Waals surface area (Å²) >= 11 is 0. The summed E-state index contributed by atoms with van der Waals surface area (Å²) in [6.07, 6.45) is 1.14. The fourth-order valence-electron chi connectivity index (χ4n) is 4.31. The molecule has 1 aliphatic rings. The van der Waals surface area contributed by atoms with Crippen molar-refractivity contribution in [3.05, 3.63) is 36.0 Å². The normalized spacial score (nSPS) is 20.5. The summed E-state index contributed by atoms with van der Waals surface area (Å²) in [6.45, 7) is 5.69. The van der Waals surface area contributed by atoms with Crippen LogP contribution in [-0.4, -0.2) is 23.9 Å². The molecule has 1 aromatic heterocycles. The SMILES string of the molecule is CCC(=O)CCC[C@@H]1C[C@H](C)CN(c2ccc(C(F)(F)F)c3ncccc23)C1. The molecule has 152 valence electrons. The molecule has 3 nitrogen and oxygen atoms in total. The average molecular weight is 392 g/mol. The smallest absolute Gasteiger partial charge is 0.370 e. The maximum atomic E-state index is 13.4. The van der Waals surface area contributed by atoms with Crippen molar-refractivity contribution in [2.75, 3.05) is 18.0 Å². The standard InChI is InChI=1S/C22H27F3N2O/c1-3-17(28)7-4-6-16-12-15(2)13-27(14-16)20-10-9-19(22(23,24)25)21-18(20)8-5-11-26-21/h5,8-11,15-16H,3-4,6-7,12-14H2,1-2H3/t15-,16+/m0/s1. The molecule has 0 unspecified atom stereocenters. The van der Waals surface area contributed by atoms with Gasteiger partial charge < -0.3 is 4.90 Å². The van der Waals surface area contributed by atoms with Crippen molar-refractivity contribution in [1.29, 1.82) is 0 Å². The highest BCUT2D eigenvalue weighted by Crippen LogP contribution is 2.39. The molecule has 6 heteroatoms. The Bertz CT molecular complexity index is 834. The first-order valence-corrected chi connectivity index (χ1v) is 10.0. The van der Waals surface area contributed by atoms with Crippen molar-refractivity contribution in [3.8, 4) is 0 Å². The van der Waals surface area contributed by atoms with Crippen molar-refractivity contribution in [2.24, 2.45) is 11.8 Å². The Morgan fingerprint density at radius 3 is 2.75 bits per heavy atom. The molecule has 1 aliphatic heterocycles. The molecule has 28 heavy (non-hydrogen) atoms. The van der Waals surface area contributed by atoms with Gasteiger partial charge in [0, 0.05) is 43.2 Å². The molecule has 3 rings (SSSR count). The zero-order chi connectivity index (χ0) is 20.3. The van der Waals surface area contributed by atoms with Gasteiger partial charge in [-0.05, 0) is 55.4 Å². The Morgan fingerprint density at radius 2 is 2.04 bits per heavy atom. The lowest BCUT2D eigenvalue weighted by molar-refractivity contribution is -0.136. The lowest BCUT2D eigenvalue weighted by Crippen LogP contribution is -2.40. The van der Waals surface area contributed by atoms with E-state index in [0.717, 1.165) is 44.1 Å². The lowest BCUT2D eigenvalue weighted by Gasteiger charge is -2.38. The van der Waals surface area contributed by atoms with Gasteiger partial charge in [-0.2, -0.15) is 13.2 Å². The van der Waals surface area contributed by atoms with E-state index >= 15 is 0 Å². The summed E-state index contributed by atoms with van der Waals surface area (Å²) in [5.74, 6) is 1.19. The molecule has 1 saturated heterocycles. The van der Waals surface area contributed by atoms with Crippen molar-refractivity contribution < 1.29 is 18.0 Å². The molecule has 1 fully saturated rings. The molecule has 0 saturated carbocycles. The highest BCUT2D eigenvalue weighted by Gasteiger charge is 2.34. The minimum absolute atomic E-state index is 0.0100. The average Bonchev–Trinajstić information content (AvgIpc) is 2.65. The molecule has 0 amide bonds. The van der Waals surface area contributed by atoms with E-state index in [1.165, 1.54) is 6.20 Å². The highest BCUT2D eigenvalue weighted by molar-refractivity contribution is 5.94. The summed E-state index contributed by atoms with van der Waals surface area (Å²) < 4.78 is 40.1. The molecule has 0 aliphatic carbocycles. The maximum absolute atomic E-state index is 13.4. The van der Waals surface area contributed by atoms with Gasteiger partial charge >= 0.3 is 6.18 Å². The van der Waals surface area contributed by atoms with Gasteiger partial charge in [-0.3, -0.25) is 9.78 Å². The number of fused-ring (bicyclic) bond motifs is 1. The zero-order valence-corrected chi connectivity index (χ0v) is 16.4. The number of piperidine rings is 1. The number of hydrogen-bond acceptors (Lipinski definition) is 3. The van der Waals surface area contributed by atoms with Gasteiger partial charge in [-0.1, -0.05) is 13.8 Å². The highest BCUT2D eigenvalue weighted by atomic mass is 19.4. The van der Waals surface area contributed by atoms with Gasteiger partial charge in [-0.15, -0.1) is 0 Å². The third-order valence-electron chi connectivity index (χ3n) is 5.60. The monoisotopic (exact) mass is 392 g/mol. The van der Waals surface area contributed by atoms with Crippen LogP contribution in [0.1, 0.15) is 51.5 Å². The number of rotatable bonds is 6. The molecule has 2 atom stereocenters. The molecule has 0 radical (unpaired) electrons. The summed E-state index contributed by atoms with van der Waals surface area (Å²) in [5, 5.41) is 0.548. The Balaban J connectivity index is 1.84. The second-order valence-electron chi connectivity index (χ2n) is 7.93. The minimum atomic E-state index is -4.42. The molecule has 2 heterocycles. The van der Waals surface area contributed by atoms with Gasteiger partial charge in [-0.25, -0.2) is 0 Å². The van der Waals surface area contributed by atoms with E-state index in [1.807, 2.05) is 6.92 Å². The number of halogens is 3. The number of alkyl halides is 3. The van der Waals surface area contributed by atoms with Gasteiger partial charge in [0.05, 0.1) is 11.1 Å². The zero-order valence-electron chi connectivity index (χ0n) is 16.4. The fraction of sp³-hybridized carbons (Fsp3) is 0.545. The summed E-state index contributed by atoms with van der Waals surface area (Å²) in [5.41, 5.74) is 0.139. The van der Waals surface area contributed by atoms with E-state index in [-0.39, 0.29) is 5.52 Å². The van der Waals surface area contributed by atoms with E-state index in [2.05, 4.69) is 16.8 Å². The number of hydrogen-bond donors (Lipinski definition) is 0. The number of carbonyl (C=O) groups excluding carboxylic acids is 1. The number of aromatic nitrogens is 1. The van der Waals surface area contributed by atoms with Crippen molar-refractivity contribution in [1.82, 2.24) is 4.98 Å². The summed E-state index contributed by atoms with van der Waals surface area (Å²) in [7, 11) is 0. The van der Waals surface area contributed by atoms with E-state index in [1.54, 1.807) is 18.2 Å². The van der Waals surface area contributed by atoms with Gasteiger partial charge in [0.2, 0.25) is 0 Å². The van der Waals surface area contributed by atoms with Crippen LogP contribution in [0.2, 0.25) is 0 Å². The van der Waals surface area contributed by atoms with E-state index in [0.29, 0.717) is 35.8 Å². The van der Waals surface area contributed by atoms with Crippen molar-refractivity contribution >= 4 is 22.4 Å². The summed E-state index contributed by atoms with van der Waals surface area (Å²) in [6, 6.07) is 6.15. The van der Waals surface area contributed by atoms with Gasteiger partial charge in [0.15, 0.2) is 0 Å². The van der Waals surface area contributed by atoms with E-state index < -0.39 is 11.7 Å².